The van der Waals surface area contributed by atoms with Gasteiger partial charge >= 0.3 is 11.9 Å². The van der Waals surface area contributed by atoms with Gasteiger partial charge in [-0.25, -0.2) is 0 Å². The normalized spacial score (nSPS) is 23.0. The maximum Gasteiger partial charge on any atom is 0.320 e. The Hall–Kier alpha value is -1.65. The highest BCUT2D eigenvalue weighted by molar-refractivity contribution is 5.96. The molecule has 0 aromatic heterocycles. The van der Waals surface area contributed by atoms with Crippen molar-refractivity contribution in [3.05, 3.63) is 12.7 Å². The van der Waals surface area contributed by atoms with Crippen LogP contribution in [0.5, 0.6) is 0 Å². The van der Waals surface area contributed by atoms with Crippen LogP contribution in [-0.2, 0) is 23.9 Å². The summed E-state index contributed by atoms with van der Waals surface area (Å²) in [5.41, 5.74) is 0. The first-order valence-electron chi connectivity index (χ1n) is 6.34. The Morgan fingerprint density at radius 2 is 1.89 bits per heavy atom. The van der Waals surface area contributed by atoms with Crippen molar-refractivity contribution in [2.24, 2.45) is 17.8 Å². The highest BCUT2D eigenvalue weighted by Gasteiger charge is 2.41. The van der Waals surface area contributed by atoms with Gasteiger partial charge in [0.05, 0.1) is 14.2 Å². The Kier molecular flexibility index (Phi) is 5.73. The van der Waals surface area contributed by atoms with Crippen LogP contribution in [0.15, 0.2) is 12.7 Å². The lowest BCUT2D eigenvalue weighted by Crippen LogP contribution is -2.38. The summed E-state index contributed by atoms with van der Waals surface area (Å²) in [6, 6.07) is 0. The predicted molar refractivity (Wildman–Crippen MR) is 68.2 cm³/mol. The van der Waals surface area contributed by atoms with E-state index in [1.807, 2.05) is 0 Å². The Morgan fingerprint density at radius 3 is 2.32 bits per heavy atom. The molecular weight excluding hydrogens is 248 g/mol. The fraction of sp³-hybridized carbons (Fsp3) is 0.643. The third-order valence-corrected chi connectivity index (χ3v) is 3.64. The van der Waals surface area contributed by atoms with Crippen molar-refractivity contribution in [3.8, 4) is 0 Å². The van der Waals surface area contributed by atoms with Crippen molar-refractivity contribution in [2.75, 3.05) is 14.2 Å². The summed E-state index contributed by atoms with van der Waals surface area (Å²) < 4.78 is 9.26. The van der Waals surface area contributed by atoms with Crippen LogP contribution in [0.25, 0.3) is 0 Å². The van der Waals surface area contributed by atoms with Crippen LogP contribution in [0, 0.1) is 17.8 Å². The van der Waals surface area contributed by atoms with Crippen LogP contribution in [0.4, 0.5) is 0 Å². The molecule has 0 amide bonds. The number of ketones is 1. The quantitative estimate of drug-likeness (QED) is 0.429. The van der Waals surface area contributed by atoms with Gasteiger partial charge in [0.2, 0.25) is 0 Å². The predicted octanol–water partition coefficient (Wildman–Crippen LogP) is 1.51. The number of hydrogen-bond donors (Lipinski definition) is 0. The molecule has 2 atom stereocenters. The molecule has 1 aliphatic carbocycles. The largest absolute Gasteiger partial charge is 0.468 e. The molecule has 0 aromatic rings. The van der Waals surface area contributed by atoms with Crippen LogP contribution < -0.4 is 0 Å². The van der Waals surface area contributed by atoms with Gasteiger partial charge in [-0.3, -0.25) is 14.4 Å². The lowest BCUT2D eigenvalue weighted by molar-refractivity contribution is -0.162. The zero-order valence-corrected chi connectivity index (χ0v) is 11.4. The van der Waals surface area contributed by atoms with Gasteiger partial charge in [-0.2, -0.15) is 0 Å². The standard InChI is InChI=1S/C14H20O5/c1-4-5-9-6-7-10(8-11(9)15)12(13(16)18-2)14(17)19-3/h4,9-10,12H,1,5-8H2,2-3H3/t9-,10-/m1/s1. The topological polar surface area (TPSA) is 69.7 Å². The van der Waals surface area contributed by atoms with E-state index in [1.54, 1.807) is 6.08 Å². The average Bonchev–Trinajstić information content (AvgIpc) is 2.41. The minimum Gasteiger partial charge on any atom is -0.468 e. The van der Waals surface area contributed by atoms with E-state index >= 15 is 0 Å². The Bertz CT molecular complexity index is 358. The molecule has 0 radical (unpaired) electrons. The van der Waals surface area contributed by atoms with Gasteiger partial charge in [0, 0.05) is 12.3 Å². The third-order valence-electron chi connectivity index (χ3n) is 3.64. The fourth-order valence-electron chi connectivity index (χ4n) is 2.57. The first kappa shape index (κ1) is 15.4. The van der Waals surface area contributed by atoms with Crippen molar-refractivity contribution in [1.29, 1.82) is 0 Å². The number of ether oxygens (including phenoxy) is 2. The van der Waals surface area contributed by atoms with Crippen LogP contribution >= 0.6 is 0 Å². The molecule has 1 aliphatic rings. The maximum atomic E-state index is 12.0. The highest BCUT2D eigenvalue weighted by atomic mass is 16.5. The zero-order chi connectivity index (χ0) is 14.4. The summed E-state index contributed by atoms with van der Waals surface area (Å²) in [5, 5.41) is 0. The summed E-state index contributed by atoms with van der Waals surface area (Å²) in [4.78, 5) is 35.3. The van der Waals surface area contributed by atoms with Gasteiger partial charge in [0.1, 0.15) is 5.78 Å². The SMILES string of the molecule is C=CC[C@@H]1CC[C@@H](C(C(=O)OC)C(=O)OC)CC1=O. The number of Topliss-reactive ketones (excluding diaryl/α,β-unsaturated/α-hetero) is 1. The fourth-order valence-corrected chi connectivity index (χ4v) is 2.57. The lowest BCUT2D eigenvalue weighted by Gasteiger charge is -2.29. The molecule has 0 aromatic carbocycles. The van der Waals surface area contributed by atoms with Crippen molar-refractivity contribution < 1.29 is 23.9 Å². The lowest BCUT2D eigenvalue weighted by atomic mass is 9.74. The molecule has 0 unspecified atom stereocenters. The van der Waals surface area contributed by atoms with Gasteiger partial charge in [-0.1, -0.05) is 6.08 Å². The van der Waals surface area contributed by atoms with Gasteiger partial charge < -0.3 is 9.47 Å². The monoisotopic (exact) mass is 268 g/mol. The van der Waals surface area contributed by atoms with Gasteiger partial charge in [0.15, 0.2) is 5.92 Å². The second-order valence-corrected chi connectivity index (χ2v) is 4.75. The number of carbonyl (C=O) groups is 3. The molecule has 1 fully saturated rings. The van der Waals surface area contributed by atoms with Crippen LogP contribution in [0.3, 0.4) is 0 Å². The average molecular weight is 268 g/mol. The van der Waals surface area contributed by atoms with Crippen molar-refractivity contribution in [3.63, 3.8) is 0 Å². The van der Waals surface area contributed by atoms with Crippen LogP contribution in [-0.4, -0.2) is 31.9 Å². The van der Waals surface area contributed by atoms with Gasteiger partial charge in [-0.05, 0) is 25.2 Å². The summed E-state index contributed by atoms with van der Waals surface area (Å²) in [5.74, 6) is -2.55. The van der Waals surface area contributed by atoms with E-state index in [-0.39, 0.29) is 24.0 Å². The Balaban J connectivity index is 2.78. The van der Waals surface area contributed by atoms with Gasteiger partial charge in [-0.15, -0.1) is 6.58 Å². The highest BCUT2D eigenvalue weighted by Crippen LogP contribution is 2.34. The molecular formula is C14H20O5. The second kappa shape index (κ2) is 7.07. The maximum absolute atomic E-state index is 12.0. The first-order valence-corrected chi connectivity index (χ1v) is 6.34. The molecule has 0 spiro atoms. The molecule has 0 N–H and O–H groups in total. The van der Waals surface area contributed by atoms with Gasteiger partial charge in [0.25, 0.3) is 0 Å². The number of hydrogen-bond acceptors (Lipinski definition) is 5. The number of rotatable bonds is 5. The minimum absolute atomic E-state index is 0.0373. The molecule has 1 saturated carbocycles. The molecule has 1 rings (SSSR count). The second-order valence-electron chi connectivity index (χ2n) is 4.75. The summed E-state index contributed by atoms with van der Waals surface area (Å²) in [6.45, 7) is 3.63. The third kappa shape index (κ3) is 3.66. The van der Waals surface area contributed by atoms with E-state index in [1.165, 1.54) is 14.2 Å². The number of esters is 2. The summed E-state index contributed by atoms with van der Waals surface area (Å²) in [6.07, 6.45) is 3.89. The molecule has 0 bridgehead atoms. The van der Waals surface area contributed by atoms with E-state index < -0.39 is 17.9 Å². The minimum atomic E-state index is -0.997. The van der Waals surface area contributed by atoms with E-state index in [0.717, 1.165) is 0 Å². The van der Waals surface area contributed by atoms with E-state index in [0.29, 0.717) is 19.3 Å². The van der Waals surface area contributed by atoms with E-state index in [2.05, 4.69) is 16.1 Å². The Labute approximate surface area is 112 Å². The molecule has 0 heterocycles. The van der Waals surface area contributed by atoms with Crippen molar-refractivity contribution >= 4 is 17.7 Å². The molecule has 0 saturated heterocycles. The Morgan fingerprint density at radius 1 is 1.32 bits per heavy atom. The summed E-state index contributed by atoms with van der Waals surface area (Å²) in [7, 11) is 2.45. The number of methoxy groups -OCH3 is 2. The van der Waals surface area contributed by atoms with Crippen molar-refractivity contribution in [2.45, 2.75) is 25.7 Å². The molecule has 19 heavy (non-hydrogen) atoms. The van der Waals surface area contributed by atoms with Crippen molar-refractivity contribution in [1.82, 2.24) is 0 Å². The molecule has 5 nitrogen and oxygen atoms in total. The molecule has 0 aliphatic heterocycles. The van der Waals surface area contributed by atoms with E-state index in [9.17, 15) is 14.4 Å². The summed E-state index contributed by atoms with van der Waals surface area (Å²) >= 11 is 0. The number of carbonyl (C=O) groups excluding carboxylic acids is 3. The van der Waals surface area contributed by atoms with E-state index in [4.69, 9.17) is 0 Å². The first-order chi connectivity index (χ1) is 9.04. The van der Waals surface area contributed by atoms with Crippen LogP contribution in [0.1, 0.15) is 25.7 Å². The molecule has 106 valence electrons. The number of allylic oxidation sites excluding steroid dienone is 1. The zero-order valence-electron chi connectivity index (χ0n) is 11.4. The van der Waals surface area contributed by atoms with Crippen LogP contribution in [0.2, 0.25) is 0 Å². The smallest absolute Gasteiger partial charge is 0.320 e. The molecule has 5 heteroatoms.